The van der Waals surface area contributed by atoms with Crippen molar-refractivity contribution >= 4 is 13.8 Å². The molecule has 1 heterocycles. The summed E-state index contributed by atoms with van der Waals surface area (Å²) in [4.78, 5) is 20.1. The number of phosphoric acid groups is 1. The lowest BCUT2D eigenvalue weighted by Gasteiger charge is -2.08. The van der Waals surface area contributed by atoms with E-state index in [0.717, 1.165) is 19.3 Å². The maximum Gasteiger partial charge on any atom is 0.472 e. The standard InChI is InChI=1S/C9H17O6P/c1-2-3-4-5-9(10)13-6-8-7-14-16(11,12)15-8/h8H,2-7H2,1H3,(H,11,12)/t8-/m1/s1. The van der Waals surface area contributed by atoms with Gasteiger partial charge in [-0.2, -0.15) is 0 Å². The molecule has 1 N–H and O–H groups in total. The Morgan fingerprint density at radius 1 is 1.56 bits per heavy atom. The molecule has 0 aromatic heterocycles. The summed E-state index contributed by atoms with van der Waals surface area (Å²) in [6.45, 7) is 2.00. The molecule has 0 saturated carbocycles. The maximum absolute atomic E-state index is 11.2. The Hall–Kier alpha value is -0.420. The minimum Gasteiger partial charge on any atom is -0.463 e. The van der Waals surface area contributed by atoms with Crippen molar-refractivity contribution in [1.29, 1.82) is 0 Å². The molecule has 0 aromatic rings. The first kappa shape index (κ1) is 13.6. The summed E-state index contributed by atoms with van der Waals surface area (Å²) >= 11 is 0. The van der Waals surface area contributed by atoms with E-state index in [4.69, 9.17) is 9.63 Å². The molecule has 7 heteroatoms. The molecule has 1 aliphatic rings. The Bertz CT molecular complexity index is 279. The summed E-state index contributed by atoms with van der Waals surface area (Å²) in [5, 5.41) is 0. The first-order valence-corrected chi connectivity index (χ1v) is 6.84. The van der Waals surface area contributed by atoms with Gasteiger partial charge in [0.25, 0.3) is 0 Å². The summed E-state index contributed by atoms with van der Waals surface area (Å²) in [5.41, 5.74) is 0. The van der Waals surface area contributed by atoms with Crippen LogP contribution in [-0.2, 0) is 23.1 Å². The topological polar surface area (TPSA) is 82.1 Å². The largest absolute Gasteiger partial charge is 0.472 e. The van der Waals surface area contributed by atoms with Crippen molar-refractivity contribution in [2.75, 3.05) is 13.2 Å². The van der Waals surface area contributed by atoms with E-state index in [2.05, 4.69) is 9.05 Å². The average molecular weight is 252 g/mol. The zero-order chi connectivity index (χ0) is 12.0. The van der Waals surface area contributed by atoms with Crippen LogP contribution < -0.4 is 0 Å². The minimum absolute atomic E-state index is 0.0178. The number of ether oxygens (including phenoxy) is 1. The quantitative estimate of drug-likeness (QED) is 0.439. The smallest absolute Gasteiger partial charge is 0.463 e. The highest BCUT2D eigenvalue weighted by molar-refractivity contribution is 7.47. The van der Waals surface area contributed by atoms with Gasteiger partial charge in [0, 0.05) is 6.42 Å². The average Bonchev–Trinajstić information content (AvgIpc) is 2.56. The van der Waals surface area contributed by atoms with Crippen LogP contribution in [0.1, 0.15) is 32.6 Å². The molecule has 0 spiro atoms. The predicted molar refractivity (Wildman–Crippen MR) is 55.8 cm³/mol. The summed E-state index contributed by atoms with van der Waals surface area (Å²) < 4.78 is 24.9. The third-order valence-electron chi connectivity index (χ3n) is 2.12. The lowest BCUT2D eigenvalue weighted by molar-refractivity contribution is -0.146. The van der Waals surface area contributed by atoms with E-state index in [1.807, 2.05) is 6.92 Å². The van der Waals surface area contributed by atoms with Crippen molar-refractivity contribution < 1.29 is 28.0 Å². The Kier molecular flexibility index (Phi) is 5.41. The van der Waals surface area contributed by atoms with Gasteiger partial charge in [0.2, 0.25) is 0 Å². The second-order valence-corrected chi connectivity index (χ2v) is 5.04. The second-order valence-electron chi connectivity index (χ2n) is 3.63. The SMILES string of the molecule is CCCCCC(=O)OC[C@@H]1COP(=O)(O)O1. The fourth-order valence-corrected chi connectivity index (χ4v) is 2.20. The summed E-state index contributed by atoms with van der Waals surface area (Å²) in [5.74, 6) is -0.309. The van der Waals surface area contributed by atoms with Gasteiger partial charge in [0.05, 0.1) is 6.61 Å². The molecule has 0 aromatic carbocycles. The first-order valence-electron chi connectivity index (χ1n) is 5.35. The first-order chi connectivity index (χ1) is 7.53. The minimum atomic E-state index is -3.88. The highest BCUT2D eigenvalue weighted by Gasteiger charge is 2.35. The van der Waals surface area contributed by atoms with Crippen LogP contribution in [0.25, 0.3) is 0 Å². The van der Waals surface area contributed by atoms with Gasteiger partial charge in [-0.1, -0.05) is 19.8 Å². The van der Waals surface area contributed by atoms with Crippen molar-refractivity contribution in [3.8, 4) is 0 Å². The monoisotopic (exact) mass is 252 g/mol. The molecule has 16 heavy (non-hydrogen) atoms. The molecule has 6 nitrogen and oxygen atoms in total. The number of carbonyl (C=O) groups is 1. The number of unbranched alkanes of at least 4 members (excludes halogenated alkanes) is 2. The Balaban J connectivity index is 2.11. The lowest BCUT2D eigenvalue weighted by atomic mass is 10.2. The molecule has 0 radical (unpaired) electrons. The van der Waals surface area contributed by atoms with E-state index in [-0.39, 0.29) is 19.2 Å². The van der Waals surface area contributed by atoms with Crippen LogP contribution in [0.3, 0.4) is 0 Å². The van der Waals surface area contributed by atoms with Gasteiger partial charge in [0.15, 0.2) is 0 Å². The molecule has 1 fully saturated rings. The molecule has 0 bridgehead atoms. The van der Waals surface area contributed by atoms with E-state index in [1.54, 1.807) is 0 Å². The molecule has 1 saturated heterocycles. The summed E-state index contributed by atoms with van der Waals surface area (Å²) in [6, 6.07) is 0. The van der Waals surface area contributed by atoms with E-state index in [0.29, 0.717) is 6.42 Å². The zero-order valence-electron chi connectivity index (χ0n) is 9.26. The molecule has 0 amide bonds. The summed E-state index contributed by atoms with van der Waals surface area (Å²) in [6.07, 6.45) is 2.57. The fourth-order valence-electron chi connectivity index (χ4n) is 1.28. The number of hydrogen-bond donors (Lipinski definition) is 1. The number of carbonyl (C=O) groups excluding carboxylic acids is 1. The normalized spacial score (nSPS) is 29.2. The van der Waals surface area contributed by atoms with Crippen LogP contribution in [0.15, 0.2) is 0 Å². The molecular formula is C9H17O6P. The Morgan fingerprint density at radius 2 is 2.31 bits per heavy atom. The van der Waals surface area contributed by atoms with Gasteiger partial charge in [-0.3, -0.25) is 13.8 Å². The molecular weight excluding hydrogens is 235 g/mol. The van der Waals surface area contributed by atoms with E-state index < -0.39 is 13.9 Å². The molecule has 0 aliphatic carbocycles. The zero-order valence-corrected chi connectivity index (χ0v) is 10.2. The van der Waals surface area contributed by atoms with Gasteiger partial charge >= 0.3 is 13.8 Å². The van der Waals surface area contributed by atoms with Gasteiger partial charge in [0.1, 0.15) is 12.7 Å². The Labute approximate surface area is 94.5 Å². The van der Waals surface area contributed by atoms with Gasteiger partial charge in [-0.05, 0) is 6.42 Å². The fraction of sp³-hybridized carbons (Fsp3) is 0.889. The van der Waals surface area contributed by atoms with Crippen molar-refractivity contribution in [2.24, 2.45) is 0 Å². The summed E-state index contributed by atoms with van der Waals surface area (Å²) in [7, 11) is -3.88. The van der Waals surface area contributed by atoms with Gasteiger partial charge in [-0.25, -0.2) is 4.57 Å². The van der Waals surface area contributed by atoms with Crippen LogP contribution >= 0.6 is 7.82 Å². The third-order valence-corrected chi connectivity index (χ3v) is 3.16. The van der Waals surface area contributed by atoms with Crippen LogP contribution in [-0.4, -0.2) is 30.2 Å². The maximum atomic E-state index is 11.2. The van der Waals surface area contributed by atoms with Gasteiger partial charge < -0.3 is 9.63 Å². The van der Waals surface area contributed by atoms with E-state index in [1.165, 1.54) is 0 Å². The number of hydrogen-bond acceptors (Lipinski definition) is 5. The van der Waals surface area contributed by atoms with Crippen molar-refractivity contribution in [3.63, 3.8) is 0 Å². The van der Waals surface area contributed by atoms with Crippen molar-refractivity contribution in [2.45, 2.75) is 38.7 Å². The van der Waals surface area contributed by atoms with Crippen LogP contribution in [0.4, 0.5) is 0 Å². The molecule has 1 unspecified atom stereocenters. The number of phosphoric ester groups is 1. The second kappa shape index (κ2) is 6.35. The van der Waals surface area contributed by atoms with Crippen molar-refractivity contribution in [1.82, 2.24) is 0 Å². The number of esters is 1. The van der Waals surface area contributed by atoms with E-state index >= 15 is 0 Å². The van der Waals surface area contributed by atoms with Crippen LogP contribution in [0.2, 0.25) is 0 Å². The van der Waals surface area contributed by atoms with Crippen molar-refractivity contribution in [3.05, 3.63) is 0 Å². The van der Waals surface area contributed by atoms with Crippen LogP contribution in [0.5, 0.6) is 0 Å². The Morgan fingerprint density at radius 3 is 2.88 bits per heavy atom. The highest BCUT2D eigenvalue weighted by Crippen LogP contribution is 2.49. The molecule has 94 valence electrons. The molecule has 1 rings (SSSR count). The van der Waals surface area contributed by atoms with E-state index in [9.17, 15) is 9.36 Å². The lowest BCUT2D eigenvalue weighted by Crippen LogP contribution is -2.20. The third kappa shape index (κ3) is 5.07. The molecule has 1 aliphatic heterocycles. The van der Waals surface area contributed by atoms with Crippen LogP contribution in [0, 0.1) is 0 Å². The number of rotatable bonds is 6. The van der Waals surface area contributed by atoms with Gasteiger partial charge in [-0.15, -0.1) is 0 Å². The molecule has 2 atom stereocenters. The predicted octanol–water partition coefficient (Wildman–Crippen LogP) is 1.63. The highest BCUT2D eigenvalue weighted by atomic mass is 31.2.